The van der Waals surface area contributed by atoms with E-state index in [4.69, 9.17) is 5.11 Å². The molecular formula is C15H18N2O3. The Morgan fingerprint density at radius 3 is 2.50 bits per heavy atom. The predicted octanol–water partition coefficient (Wildman–Crippen LogP) is 1.59. The highest BCUT2D eigenvalue weighted by atomic mass is 16.4. The molecule has 0 aliphatic rings. The molecule has 0 aliphatic carbocycles. The molecule has 1 aromatic rings. The minimum absolute atomic E-state index is 0.153. The first-order valence-corrected chi connectivity index (χ1v) is 6.31. The second-order valence-electron chi connectivity index (χ2n) is 4.47. The fourth-order valence-electron chi connectivity index (χ4n) is 1.38. The average molecular weight is 274 g/mol. The molecule has 0 aliphatic heterocycles. The first-order chi connectivity index (χ1) is 9.48. The van der Waals surface area contributed by atoms with E-state index < -0.39 is 17.5 Å². The highest BCUT2D eigenvalue weighted by Gasteiger charge is 2.32. The van der Waals surface area contributed by atoms with E-state index in [1.165, 1.54) is 6.92 Å². The SMILES string of the molecule is CCC(C)(NC(=O)NCC#Cc1ccccc1)C(=O)O. The molecule has 0 saturated heterocycles. The van der Waals surface area contributed by atoms with E-state index in [9.17, 15) is 9.59 Å². The first kappa shape index (κ1) is 15.6. The van der Waals surface area contributed by atoms with Gasteiger partial charge >= 0.3 is 12.0 Å². The number of carbonyl (C=O) groups is 2. The smallest absolute Gasteiger partial charge is 0.329 e. The van der Waals surface area contributed by atoms with E-state index in [1.54, 1.807) is 6.92 Å². The quantitative estimate of drug-likeness (QED) is 0.730. The summed E-state index contributed by atoms with van der Waals surface area (Å²) in [5.41, 5.74) is -0.407. The zero-order valence-corrected chi connectivity index (χ0v) is 11.6. The maximum Gasteiger partial charge on any atom is 0.329 e. The molecule has 5 heteroatoms. The Hall–Kier alpha value is -2.48. The fourth-order valence-corrected chi connectivity index (χ4v) is 1.38. The van der Waals surface area contributed by atoms with Crippen molar-refractivity contribution in [3.05, 3.63) is 35.9 Å². The molecule has 1 atom stereocenters. The third-order valence-corrected chi connectivity index (χ3v) is 2.91. The number of carbonyl (C=O) groups excluding carboxylic acids is 1. The summed E-state index contributed by atoms with van der Waals surface area (Å²) < 4.78 is 0. The summed E-state index contributed by atoms with van der Waals surface area (Å²) in [6.45, 7) is 3.31. The monoisotopic (exact) mass is 274 g/mol. The van der Waals surface area contributed by atoms with Crippen LogP contribution in [0.25, 0.3) is 0 Å². The molecule has 0 fully saturated rings. The number of urea groups is 1. The molecule has 20 heavy (non-hydrogen) atoms. The third-order valence-electron chi connectivity index (χ3n) is 2.91. The average Bonchev–Trinajstić information content (AvgIpc) is 2.44. The molecular weight excluding hydrogens is 256 g/mol. The van der Waals surface area contributed by atoms with Crippen LogP contribution in [0.5, 0.6) is 0 Å². The van der Waals surface area contributed by atoms with E-state index in [2.05, 4.69) is 22.5 Å². The summed E-state index contributed by atoms with van der Waals surface area (Å²) in [6.07, 6.45) is 0.297. The van der Waals surface area contributed by atoms with Gasteiger partial charge in [0.2, 0.25) is 0 Å². The Labute approximate surface area is 118 Å². The van der Waals surface area contributed by atoms with Crippen LogP contribution < -0.4 is 10.6 Å². The molecule has 5 nitrogen and oxygen atoms in total. The molecule has 1 unspecified atom stereocenters. The number of rotatable bonds is 4. The van der Waals surface area contributed by atoms with Crippen molar-refractivity contribution in [2.24, 2.45) is 0 Å². The molecule has 0 bridgehead atoms. The predicted molar refractivity (Wildman–Crippen MR) is 76.2 cm³/mol. The number of carboxylic acids is 1. The van der Waals surface area contributed by atoms with Crippen molar-refractivity contribution in [1.82, 2.24) is 10.6 Å². The Bertz CT molecular complexity index is 531. The molecule has 0 saturated carbocycles. The number of carboxylic acid groups (broad SMARTS) is 1. The maximum atomic E-state index is 11.6. The number of benzene rings is 1. The first-order valence-electron chi connectivity index (χ1n) is 6.31. The lowest BCUT2D eigenvalue weighted by Gasteiger charge is -2.24. The lowest BCUT2D eigenvalue weighted by molar-refractivity contribution is -0.143. The van der Waals surface area contributed by atoms with Crippen molar-refractivity contribution in [3.63, 3.8) is 0 Å². The van der Waals surface area contributed by atoms with Crippen LogP contribution in [-0.2, 0) is 4.79 Å². The number of aliphatic carboxylic acids is 1. The molecule has 0 aromatic heterocycles. The summed E-state index contributed by atoms with van der Waals surface area (Å²) in [5, 5.41) is 14.0. The Balaban J connectivity index is 2.45. The van der Waals surface area contributed by atoms with E-state index in [0.29, 0.717) is 6.42 Å². The number of nitrogens with one attached hydrogen (secondary N) is 2. The maximum absolute atomic E-state index is 11.6. The van der Waals surface area contributed by atoms with Gasteiger partial charge in [0.15, 0.2) is 0 Å². The summed E-state index contributed by atoms with van der Waals surface area (Å²) >= 11 is 0. The number of hydrogen-bond acceptors (Lipinski definition) is 2. The molecule has 0 radical (unpaired) electrons. The van der Waals surface area contributed by atoms with Crippen LogP contribution in [0.4, 0.5) is 4.79 Å². The Kier molecular flexibility index (Phi) is 5.60. The molecule has 1 aromatic carbocycles. The van der Waals surface area contributed by atoms with Gasteiger partial charge in [-0.3, -0.25) is 0 Å². The van der Waals surface area contributed by atoms with Gasteiger partial charge in [-0.05, 0) is 25.5 Å². The van der Waals surface area contributed by atoms with Gasteiger partial charge in [0.25, 0.3) is 0 Å². The third kappa shape index (κ3) is 4.65. The van der Waals surface area contributed by atoms with E-state index in [1.807, 2.05) is 30.3 Å². The summed E-state index contributed by atoms with van der Waals surface area (Å²) in [5.74, 6) is 4.62. The van der Waals surface area contributed by atoms with Crippen molar-refractivity contribution in [1.29, 1.82) is 0 Å². The molecule has 2 amide bonds. The second-order valence-corrected chi connectivity index (χ2v) is 4.47. The minimum Gasteiger partial charge on any atom is -0.480 e. The number of amides is 2. The van der Waals surface area contributed by atoms with Crippen molar-refractivity contribution in [2.45, 2.75) is 25.8 Å². The molecule has 0 heterocycles. The van der Waals surface area contributed by atoms with Crippen LogP contribution in [-0.4, -0.2) is 29.2 Å². The Morgan fingerprint density at radius 1 is 1.30 bits per heavy atom. The zero-order valence-electron chi connectivity index (χ0n) is 11.6. The van der Waals surface area contributed by atoms with Gasteiger partial charge in [0, 0.05) is 5.56 Å². The van der Waals surface area contributed by atoms with Crippen LogP contribution in [0, 0.1) is 11.8 Å². The topological polar surface area (TPSA) is 78.4 Å². The summed E-state index contributed by atoms with van der Waals surface area (Å²) in [6, 6.07) is 8.85. The van der Waals surface area contributed by atoms with E-state index >= 15 is 0 Å². The second kappa shape index (κ2) is 7.19. The minimum atomic E-state index is -1.27. The summed E-state index contributed by atoms with van der Waals surface area (Å²) in [7, 11) is 0. The molecule has 3 N–H and O–H groups in total. The lowest BCUT2D eigenvalue weighted by atomic mass is 10.00. The van der Waals surface area contributed by atoms with Gasteiger partial charge in [0.1, 0.15) is 5.54 Å². The molecule has 106 valence electrons. The number of hydrogen-bond donors (Lipinski definition) is 3. The van der Waals surface area contributed by atoms with Gasteiger partial charge in [-0.2, -0.15) is 0 Å². The highest BCUT2D eigenvalue weighted by Crippen LogP contribution is 2.08. The normalized spacial score (nSPS) is 12.5. The van der Waals surface area contributed by atoms with Crippen LogP contribution >= 0.6 is 0 Å². The summed E-state index contributed by atoms with van der Waals surface area (Å²) in [4.78, 5) is 22.6. The Morgan fingerprint density at radius 2 is 1.95 bits per heavy atom. The molecule has 0 spiro atoms. The van der Waals surface area contributed by atoms with Gasteiger partial charge in [-0.25, -0.2) is 9.59 Å². The van der Waals surface area contributed by atoms with Crippen LogP contribution in [0.3, 0.4) is 0 Å². The van der Waals surface area contributed by atoms with Gasteiger partial charge < -0.3 is 15.7 Å². The van der Waals surface area contributed by atoms with Crippen molar-refractivity contribution < 1.29 is 14.7 Å². The van der Waals surface area contributed by atoms with Crippen LogP contribution in [0.15, 0.2) is 30.3 Å². The van der Waals surface area contributed by atoms with Crippen molar-refractivity contribution in [3.8, 4) is 11.8 Å². The van der Waals surface area contributed by atoms with Crippen LogP contribution in [0.2, 0.25) is 0 Å². The van der Waals surface area contributed by atoms with E-state index in [-0.39, 0.29) is 6.54 Å². The van der Waals surface area contributed by atoms with Crippen molar-refractivity contribution in [2.75, 3.05) is 6.54 Å². The lowest BCUT2D eigenvalue weighted by Crippen LogP contribution is -2.54. The van der Waals surface area contributed by atoms with Gasteiger partial charge in [-0.15, -0.1) is 0 Å². The zero-order chi connectivity index (χ0) is 15.0. The largest absolute Gasteiger partial charge is 0.480 e. The van der Waals surface area contributed by atoms with Crippen LogP contribution in [0.1, 0.15) is 25.8 Å². The van der Waals surface area contributed by atoms with E-state index in [0.717, 1.165) is 5.56 Å². The van der Waals surface area contributed by atoms with Gasteiger partial charge in [0.05, 0.1) is 6.54 Å². The van der Waals surface area contributed by atoms with Crippen molar-refractivity contribution >= 4 is 12.0 Å². The standard InChI is InChI=1S/C15H18N2O3/c1-3-15(2,13(18)19)17-14(20)16-11-7-10-12-8-5-4-6-9-12/h4-6,8-9H,3,11H2,1-2H3,(H,18,19)(H2,16,17,20). The molecule has 1 rings (SSSR count). The fraction of sp³-hybridized carbons (Fsp3) is 0.333. The highest BCUT2D eigenvalue weighted by molar-refractivity contribution is 5.85. The van der Waals surface area contributed by atoms with Gasteiger partial charge in [-0.1, -0.05) is 37.0 Å².